The quantitative estimate of drug-likeness (QED) is 0.494. The normalized spacial score (nSPS) is 10.9. The van der Waals surface area contributed by atoms with E-state index < -0.39 is 0 Å². The highest BCUT2D eigenvalue weighted by Crippen LogP contribution is 2.21. The number of pyridine rings is 1. The molecule has 0 aliphatic rings. The van der Waals surface area contributed by atoms with Gasteiger partial charge in [0, 0.05) is 24.0 Å². The molecule has 0 spiro atoms. The van der Waals surface area contributed by atoms with Crippen molar-refractivity contribution in [2.45, 2.75) is 26.7 Å². The predicted molar refractivity (Wildman–Crippen MR) is 118 cm³/mol. The number of nitrogens with one attached hydrogen (secondary N) is 1. The van der Waals surface area contributed by atoms with E-state index in [1.54, 1.807) is 6.20 Å². The Morgan fingerprint density at radius 1 is 1.03 bits per heavy atom. The van der Waals surface area contributed by atoms with Crippen LogP contribution in [-0.4, -0.2) is 27.0 Å². The fraction of sp³-hybridized carbons (Fsp3) is 0.208. The Kier molecular flexibility index (Phi) is 5.75. The van der Waals surface area contributed by atoms with Crippen LogP contribution in [0.1, 0.15) is 25.2 Å². The van der Waals surface area contributed by atoms with Gasteiger partial charge in [-0.2, -0.15) is 0 Å². The van der Waals surface area contributed by atoms with Gasteiger partial charge in [0.2, 0.25) is 5.91 Å². The first-order valence-electron chi connectivity index (χ1n) is 10.1. The molecule has 30 heavy (non-hydrogen) atoms. The van der Waals surface area contributed by atoms with Crippen molar-refractivity contribution in [3.8, 4) is 11.4 Å². The molecule has 0 fully saturated rings. The number of hydrogen-bond acceptors (Lipinski definition) is 4. The van der Waals surface area contributed by atoms with E-state index in [4.69, 9.17) is 4.74 Å². The van der Waals surface area contributed by atoms with Gasteiger partial charge in [-0.3, -0.25) is 9.36 Å². The number of carbonyl (C=O) groups is 1. The second-order valence-corrected chi connectivity index (χ2v) is 6.91. The van der Waals surface area contributed by atoms with Crippen LogP contribution >= 0.6 is 0 Å². The van der Waals surface area contributed by atoms with Gasteiger partial charge in [-0.1, -0.05) is 19.1 Å². The Morgan fingerprint density at radius 2 is 1.80 bits per heavy atom. The van der Waals surface area contributed by atoms with E-state index in [1.165, 1.54) is 0 Å². The highest BCUT2D eigenvalue weighted by atomic mass is 16.5. The summed E-state index contributed by atoms with van der Waals surface area (Å²) in [6.07, 6.45) is 2.89. The molecule has 0 aliphatic carbocycles. The minimum Gasteiger partial charge on any atom is -0.494 e. The van der Waals surface area contributed by atoms with Crippen molar-refractivity contribution in [1.29, 1.82) is 0 Å². The second-order valence-electron chi connectivity index (χ2n) is 6.91. The fourth-order valence-electron chi connectivity index (χ4n) is 3.42. The zero-order chi connectivity index (χ0) is 20.9. The number of aromatic nitrogens is 3. The third-order valence-corrected chi connectivity index (χ3v) is 4.81. The first-order chi connectivity index (χ1) is 14.7. The average Bonchev–Trinajstić information content (AvgIpc) is 3.14. The number of ether oxygens (including phenoxy) is 1. The zero-order valence-electron chi connectivity index (χ0n) is 17.1. The smallest absolute Gasteiger partial charge is 0.228 e. The zero-order valence-corrected chi connectivity index (χ0v) is 17.1. The maximum absolute atomic E-state index is 12.4. The lowest BCUT2D eigenvalue weighted by molar-refractivity contribution is -0.115. The van der Waals surface area contributed by atoms with Crippen LogP contribution in [0.3, 0.4) is 0 Å². The molecule has 4 aromatic rings. The Hall–Kier alpha value is -3.67. The molecule has 0 bridgehead atoms. The van der Waals surface area contributed by atoms with Crippen molar-refractivity contribution in [2.75, 3.05) is 11.9 Å². The summed E-state index contributed by atoms with van der Waals surface area (Å²) in [5.74, 6) is 1.69. The number of carbonyl (C=O) groups excluding carboxylic acids is 1. The molecule has 1 amide bonds. The molecule has 6 heteroatoms. The second kappa shape index (κ2) is 8.78. The van der Waals surface area contributed by atoms with E-state index >= 15 is 0 Å². The molecule has 6 nitrogen and oxygen atoms in total. The van der Waals surface area contributed by atoms with Gasteiger partial charge in [0.05, 0.1) is 13.0 Å². The van der Waals surface area contributed by atoms with Crippen molar-refractivity contribution in [1.82, 2.24) is 14.5 Å². The van der Waals surface area contributed by atoms with E-state index in [-0.39, 0.29) is 5.91 Å². The largest absolute Gasteiger partial charge is 0.494 e. The Labute approximate surface area is 175 Å². The van der Waals surface area contributed by atoms with E-state index in [1.807, 2.05) is 67.6 Å². The van der Waals surface area contributed by atoms with Gasteiger partial charge >= 0.3 is 0 Å². The molecule has 1 N–H and O–H groups in total. The standard InChI is InChI=1S/C24H24N4O2/c1-3-22-27-21-6-5-15-25-24(21)28(22)19-11-7-17(8-12-19)16-23(29)26-18-9-13-20(14-10-18)30-4-2/h5-15H,3-4,16H2,1-2H3,(H,26,29). The number of aryl methyl sites for hydroxylation is 1. The minimum absolute atomic E-state index is 0.0593. The number of hydrogen-bond donors (Lipinski definition) is 1. The average molecular weight is 400 g/mol. The molecule has 0 aliphatic heterocycles. The number of rotatable bonds is 7. The van der Waals surface area contributed by atoms with E-state index in [0.29, 0.717) is 13.0 Å². The maximum Gasteiger partial charge on any atom is 0.228 e. The van der Waals surface area contributed by atoms with Crippen LogP contribution < -0.4 is 10.1 Å². The van der Waals surface area contributed by atoms with Crippen molar-refractivity contribution in [2.24, 2.45) is 0 Å². The predicted octanol–water partition coefficient (Wildman–Crippen LogP) is 4.56. The van der Waals surface area contributed by atoms with Crippen molar-refractivity contribution < 1.29 is 9.53 Å². The summed E-state index contributed by atoms with van der Waals surface area (Å²) in [7, 11) is 0. The molecule has 0 radical (unpaired) electrons. The maximum atomic E-state index is 12.4. The summed E-state index contributed by atoms with van der Waals surface area (Å²) in [5.41, 5.74) is 4.41. The van der Waals surface area contributed by atoms with E-state index in [2.05, 4.69) is 26.8 Å². The van der Waals surface area contributed by atoms with Gasteiger partial charge in [0.25, 0.3) is 0 Å². The molecule has 0 saturated heterocycles. The van der Waals surface area contributed by atoms with E-state index in [0.717, 1.165) is 46.1 Å². The van der Waals surface area contributed by atoms with Gasteiger partial charge in [-0.25, -0.2) is 9.97 Å². The van der Waals surface area contributed by atoms with Crippen LogP contribution in [-0.2, 0) is 17.6 Å². The Morgan fingerprint density at radius 3 is 2.50 bits per heavy atom. The minimum atomic E-state index is -0.0593. The van der Waals surface area contributed by atoms with Crippen LogP contribution in [0.2, 0.25) is 0 Å². The summed E-state index contributed by atoms with van der Waals surface area (Å²) in [6.45, 7) is 4.64. The van der Waals surface area contributed by atoms with E-state index in [9.17, 15) is 4.79 Å². The van der Waals surface area contributed by atoms with Crippen LogP contribution in [0, 0.1) is 0 Å². The third kappa shape index (κ3) is 4.17. The number of nitrogens with zero attached hydrogens (tertiary/aromatic N) is 3. The fourth-order valence-corrected chi connectivity index (χ4v) is 3.42. The lowest BCUT2D eigenvalue weighted by Crippen LogP contribution is -2.14. The van der Waals surface area contributed by atoms with Gasteiger partial charge in [-0.05, 0) is 61.0 Å². The first kappa shape index (κ1) is 19.6. The SMILES string of the molecule is CCOc1ccc(NC(=O)Cc2ccc(-n3c(CC)nc4cccnc43)cc2)cc1. The Balaban J connectivity index is 1.47. The lowest BCUT2D eigenvalue weighted by atomic mass is 10.1. The van der Waals surface area contributed by atoms with Crippen LogP contribution in [0.25, 0.3) is 16.9 Å². The molecule has 2 heterocycles. The summed E-state index contributed by atoms with van der Waals surface area (Å²) < 4.78 is 7.49. The highest BCUT2D eigenvalue weighted by Gasteiger charge is 2.12. The van der Waals surface area contributed by atoms with Crippen molar-refractivity contribution in [3.05, 3.63) is 78.2 Å². The van der Waals surface area contributed by atoms with Gasteiger partial charge in [-0.15, -0.1) is 0 Å². The van der Waals surface area contributed by atoms with Crippen LogP contribution in [0.4, 0.5) is 5.69 Å². The van der Waals surface area contributed by atoms with Gasteiger partial charge in [0.15, 0.2) is 5.65 Å². The monoisotopic (exact) mass is 400 g/mol. The molecular formula is C24H24N4O2. The topological polar surface area (TPSA) is 69.0 Å². The van der Waals surface area contributed by atoms with Gasteiger partial charge in [0.1, 0.15) is 17.1 Å². The molecule has 2 aromatic heterocycles. The summed E-state index contributed by atoms with van der Waals surface area (Å²) in [5, 5.41) is 2.92. The Bertz CT molecular complexity index is 1150. The lowest BCUT2D eigenvalue weighted by Gasteiger charge is -2.10. The van der Waals surface area contributed by atoms with Crippen molar-refractivity contribution in [3.63, 3.8) is 0 Å². The first-order valence-corrected chi connectivity index (χ1v) is 10.1. The molecule has 2 aromatic carbocycles. The highest BCUT2D eigenvalue weighted by molar-refractivity contribution is 5.92. The molecule has 0 saturated carbocycles. The molecule has 0 unspecified atom stereocenters. The molecule has 0 atom stereocenters. The van der Waals surface area contributed by atoms with Crippen LogP contribution in [0.5, 0.6) is 5.75 Å². The number of imidazole rings is 1. The molecule has 152 valence electrons. The van der Waals surface area contributed by atoms with Gasteiger partial charge < -0.3 is 10.1 Å². The van der Waals surface area contributed by atoms with Crippen LogP contribution in [0.15, 0.2) is 66.9 Å². The number of fused-ring (bicyclic) bond motifs is 1. The molecular weight excluding hydrogens is 376 g/mol. The number of anilines is 1. The molecule has 4 rings (SSSR count). The summed E-state index contributed by atoms with van der Waals surface area (Å²) in [6, 6.07) is 19.2. The summed E-state index contributed by atoms with van der Waals surface area (Å²) in [4.78, 5) is 21.6. The third-order valence-electron chi connectivity index (χ3n) is 4.81. The van der Waals surface area contributed by atoms with Crippen molar-refractivity contribution >= 4 is 22.8 Å². The summed E-state index contributed by atoms with van der Waals surface area (Å²) >= 11 is 0. The number of benzene rings is 2. The number of amides is 1.